The Balaban J connectivity index is 1.43. The van der Waals surface area contributed by atoms with Gasteiger partial charge in [-0.3, -0.25) is 9.59 Å². The Kier molecular flexibility index (Phi) is 10.8. The molecule has 4 aromatic carbocycles. The molecule has 4 aromatic rings. The zero-order valence-corrected chi connectivity index (χ0v) is 24.8. The largest absolute Gasteiger partial charge is 0.496 e. The Morgan fingerprint density at radius 3 is 1.33 bits per heavy atom. The van der Waals surface area contributed by atoms with E-state index >= 15 is 0 Å². The van der Waals surface area contributed by atoms with Crippen molar-refractivity contribution in [3.05, 3.63) is 107 Å². The second-order valence-corrected chi connectivity index (χ2v) is 10.2. The highest BCUT2D eigenvalue weighted by atomic mass is 16.5. The third-order valence-electron chi connectivity index (χ3n) is 7.34. The van der Waals surface area contributed by atoms with Gasteiger partial charge in [0.15, 0.2) is 0 Å². The summed E-state index contributed by atoms with van der Waals surface area (Å²) < 4.78 is 21.0. The molecule has 0 aliphatic rings. The van der Waals surface area contributed by atoms with Crippen LogP contribution in [0.3, 0.4) is 0 Å². The van der Waals surface area contributed by atoms with Crippen LogP contribution in [0.5, 0.6) is 11.5 Å². The van der Waals surface area contributed by atoms with Crippen LogP contribution in [0.4, 0.5) is 0 Å². The molecule has 0 spiro atoms. The molecule has 0 aliphatic heterocycles. The molecule has 0 aliphatic carbocycles. The fourth-order valence-electron chi connectivity index (χ4n) is 5.11. The van der Waals surface area contributed by atoms with Crippen LogP contribution in [0.15, 0.2) is 84.9 Å². The average molecular weight is 567 g/mol. The minimum atomic E-state index is -0.260. The lowest BCUT2D eigenvalue weighted by molar-refractivity contribution is -0.140. The summed E-state index contributed by atoms with van der Waals surface area (Å²) in [5.74, 6) is 1.08. The highest BCUT2D eigenvalue weighted by Crippen LogP contribution is 2.34. The standard InChI is InChI=1S/C36H38O6/c1-39-33-17-15-25(21-31(33)29-13-7-11-27(19-29)23-35(37)41-3)9-5-6-10-26-16-18-34(40-2)32(22-26)30-14-8-12-28(20-30)24-36(38)42-4/h7-8,11-22H,5-6,9-10,23-24H2,1-4H3. The van der Waals surface area contributed by atoms with Crippen LogP contribution in [0.25, 0.3) is 22.3 Å². The molecule has 0 atom stereocenters. The first-order valence-corrected chi connectivity index (χ1v) is 14.1. The topological polar surface area (TPSA) is 71.1 Å². The lowest BCUT2D eigenvalue weighted by Gasteiger charge is -2.13. The van der Waals surface area contributed by atoms with E-state index in [-0.39, 0.29) is 24.8 Å². The van der Waals surface area contributed by atoms with Gasteiger partial charge in [-0.05, 0) is 83.3 Å². The minimum absolute atomic E-state index is 0.234. The Labute approximate surface area is 248 Å². The molecule has 0 saturated heterocycles. The predicted octanol–water partition coefficient (Wildman–Crippen LogP) is 7.03. The third-order valence-corrected chi connectivity index (χ3v) is 7.34. The third kappa shape index (κ3) is 8.00. The van der Waals surface area contributed by atoms with E-state index < -0.39 is 0 Å². The number of benzene rings is 4. The zero-order valence-electron chi connectivity index (χ0n) is 24.8. The van der Waals surface area contributed by atoms with Crippen molar-refractivity contribution in [1.29, 1.82) is 0 Å². The molecule has 0 aromatic heterocycles. The van der Waals surface area contributed by atoms with Gasteiger partial charge in [-0.15, -0.1) is 0 Å². The number of ether oxygens (including phenoxy) is 4. The number of methoxy groups -OCH3 is 4. The van der Waals surface area contributed by atoms with E-state index in [0.29, 0.717) is 0 Å². The summed E-state index contributed by atoms with van der Waals surface area (Å²) >= 11 is 0. The molecule has 42 heavy (non-hydrogen) atoms. The predicted molar refractivity (Wildman–Crippen MR) is 165 cm³/mol. The molecule has 0 fully saturated rings. The number of hydrogen-bond acceptors (Lipinski definition) is 6. The van der Waals surface area contributed by atoms with Gasteiger partial charge in [0.05, 0.1) is 41.3 Å². The maximum Gasteiger partial charge on any atom is 0.309 e. The van der Waals surface area contributed by atoms with Gasteiger partial charge in [0.1, 0.15) is 11.5 Å². The molecule has 0 radical (unpaired) electrons. The van der Waals surface area contributed by atoms with Gasteiger partial charge in [0, 0.05) is 11.1 Å². The van der Waals surface area contributed by atoms with E-state index in [1.807, 2.05) is 60.7 Å². The van der Waals surface area contributed by atoms with Crippen LogP contribution in [0.1, 0.15) is 35.1 Å². The summed E-state index contributed by atoms with van der Waals surface area (Å²) in [4.78, 5) is 23.5. The molecule has 6 heteroatoms. The van der Waals surface area contributed by atoms with E-state index in [1.165, 1.54) is 25.3 Å². The molecule has 218 valence electrons. The summed E-state index contributed by atoms with van der Waals surface area (Å²) in [5.41, 5.74) is 8.32. The normalized spacial score (nSPS) is 10.7. The van der Waals surface area contributed by atoms with Crippen molar-refractivity contribution in [2.45, 2.75) is 38.5 Å². The number of carbonyl (C=O) groups is 2. The van der Waals surface area contributed by atoms with Crippen molar-refractivity contribution < 1.29 is 28.5 Å². The van der Waals surface area contributed by atoms with E-state index in [4.69, 9.17) is 18.9 Å². The summed E-state index contributed by atoms with van der Waals surface area (Å²) in [7, 11) is 6.16. The van der Waals surface area contributed by atoms with Crippen molar-refractivity contribution in [2.24, 2.45) is 0 Å². The van der Waals surface area contributed by atoms with Crippen molar-refractivity contribution in [2.75, 3.05) is 28.4 Å². The van der Waals surface area contributed by atoms with E-state index in [2.05, 4.69) is 24.3 Å². The maximum atomic E-state index is 11.8. The van der Waals surface area contributed by atoms with Gasteiger partial charge < -0.3 is 18.9 Å². The molecule has 0 amide bonds. The summed E-state index contributed by atoms with van der Waals surface area (Å²) in [5, 5.41) is 0. The number of unbranched alkanes of at least 4 members (excludes halogenated alkanes) is 1. The van der Waals surface area contributed by atoms with Crippen LogP contribution in [0, 0.1) is 0 Å². The number of esters is 2. The fourth-order valence-corrected chi connectivity index (χ4v) is 5.11. The maximum absolute atomic E-state index is 11.8. The monoisotopic (exact) mass is 566 g/mol. The Bertz CT molecular complexity index is 1410. The van der Waals surface area contributed by atoms with Crippen LogP contribution >= 0.6 is 0 Å². The highest BCUT2D eigenvalue weighted by molar-refractivity contribution is 5.77. The van der Waals surface area contributed by atoms with E-state index in [0.717, 1.165) is 70.6 Å². The molecular formula is C36H38O6. The van der Waals surface area contributed by atoms with Crippen LogP contribution in [-0.2, 0) is 44.7 Å². The average Bonchev–Trinajstić information content (AvgIpc) is 3.03. The summed E-state index contributed by atoms with van der Waals surface area (Å²) in [6.07, 6.45) is 4.42. The van der Waals surface area contributed by atoms with E-state index in [1.54, 1.807) is 14.2 Å². The Hall–Kier alpha value is -4.58. The molecule has 0 bridgehead atoms. The van der Waals surface area contributed by atoms with Gasteiger partial charge >= 0.3 is 11.9 Å². The quantitative estimate of drug-likeness (QED) is 0.128. The van der Waals surface area contributed by atoms with Gasteiger partial charge in [0.25, 0.3) is 0 Å². The van der Waals surface area contributed by atoms with Crippen molar-refractivity contribution in [3.8, 4) is 33.8 Å². The summed E-state index contributed by atoms with van der Waals surface area (Å²) in [6, 6.07) is 28.5. The molecule has 0 saturated carbocycles. The second-order valence-electron chi connectivity index (χ2n) is 10.2. The smallest absolute Gasteiger partial charge is 0.309 e. The van der Waals surface area contributed by atoms with Crippen LogP contribution in [-0.4, -0.2) is 40.4 Å². The van der Waals surface area contributed by atoms with Gasteiger partial charge in [-0.2, -0.15) is 0 Å². The van der Waals surface area contributed by atoms with E-state index in [9.17, 15) is 9.59 Å². The van der Waals surface area contributed by atoms with Gasteiger partial charge in [-0.1, -0.05) is 60.7 Å². The fraction of sp³-hybridized carbons (Fsp3) is 0.278. The Morgan fingerprint density at radius 2 is 0.952 bits per heavy atom. The molecule has 0 N–H and O–H groups in total. The van der Waals surface area contributed by atoms with Gasteiger partial charge in [-0.25, -0.2) is 0 Å². The van der Waals surface area contributed by atoms with Crippen molar-refractivity contribution in [3.63, 3.8) is 0 Å². The van der Waals surface area contributed by atoms with Crippen LogP contribution < -0.4 is 9.47 Å². The SMILES string of the molecule is COC(=O)Cc1cccc(-c2cc(CCCCc3ccc(OC)c(-c4cccc(CC(=O)OC)c4)c3)ccc2OC)c1. The molecule has 0 heterocycles. The number of aryl methyl sites for hydroxylation is 2. The second kappa shape index (κ2) is 14.9. The van der Waals surface area contributed by atoms with Crippen LogP contribution in [0.2, 0.25) is 0 Å². The zero-order chi connectivity index (χ0) is 29.9. The lowest BCUT2D eigenvalue weighted by Crippen LogP contribution is -2.04. The number of hydrogen-bond donors (Lipinski definition) is 0. The Morgan fingerprint density at radius 1 is 0.524 bits per heavy atom. The first kappa shape index (κ1) is 30.4. The summed E-state index contributed by atoms with van der Waals surface area (Å²) in [6.45, 7) is 0. The first-order valence-electron chi connectivity index (χ1n) is 14.1. The molecule has 6 nitrogen and oxygen atoms in total. The molecule has 4 rings (SSSR count). The highest BCUT2D eigenvalue weighted by Gasteiger charge is 2.12. The van der Waals surface area contributed by atoms with Crippen molar-refractivity contribution in [1.82, 2.24) is 0 Å². The van der Waals surface area contributed by atoms with Gasteiger partial charge in [0.2, 0.25) is 0 Å². The molecule has 0 unspecified atom stereocenters. The number of rotatable bonds is 13. The molecular weight excluding hydrogens is 528 g/mol. The minimum Gasteiger partial charge on any atom is -0.496 e. The lowest BCUT2D eigenvalue weighted by atomic mass is 9.95. The number of carbonyl (C=O) groups excluding carboxylic acids is 2. The van der Waals surface area contributed by atoms with Crippen molar-refractivity contribution >= 4 is 11.9 Å². The first-order chi connectivity index (χ1) is 20.4.